The smallest absolute Gasteiger partial charge is 0.134 e. The fourth-order valence-corrected chi connectivity index (χ4v) is 5.41. The van der Waals surface area contributed by atoms with E-state index in [1.165, 1.54) is 10.4 Å². The van der Waals surface area contributed by atoms with Crippen LogP contribution in [-0.2, 0) is 19.4 Å². The first-order valence-corrected chi connectivity index (χ1v) is 12.1. The lowest BCUT2D eigenvalue weighted by atomic mass is 9.72. The quantitative estimate of drug-likeness (QED) is 0.370. The second-order valence-corrected chi connectivity index (χ2v) is 10.6. The van der Waals surface area contributed by atoms with Crippen molar-refractivity contribution in [1.29, 1.82) is 5.26 Å². The molecule has 4 rings (SSSR count). The fourth-order valence-electron chi connectivity index (χ4n) is 4.19. The van der Waals surface area contributed by atoms with Gasteiger partial charge in [0.1, 0.15) is 29.2 Å². The zero-order valence-corrected chi connectivity index (χ0v) is 20.5. The van der Waals surface area contributed by atoms with E-state index >= 15 is 0 Å². The monoisotopic (exact) mass is 458 g/mol. The topological polar surface area (TPSA) is 54.6 Å². The number of hydrogen-bond donors (Lipinski definition) is 0. The van der Waals surface area contributed by atoms with Crippen LogP contribution in [0.5, 0.6) is 11.5 Å². The van der Waals surface area contributed by atoms with Gasteiger partial charge in [0, 0.05) is 11.1 Å². The Balaban J connectivity index is 1.42. The third-order valence-electron chi connectivity index (χ3n) is 6.36. The maximum Gasteiger partial charge on any atom is 0.134 e. The molecule has 0 spiro atoms. The van der Waals surface area contributed by atoms with Crippen LogP contribution < -0.4 is 9.47 Å². The molecule has 1 aliphatic carbocycles. The lowest BCUT2D eigenvalue weighted by Crippen LogP contribution is -2.26. The van der Waals surface area contributed by atoms with Crippen molar-refractivity contribution in [1.82, 2.24) is 0 Å². The second-order valence-electron chi connectivity index (χ2n) is 9.57. The van der Waals surface area contributed by atoms with Gasteiger partial charge in [-0.3, -0.25) is 0 Å². The largest absolute Gasteiger partial charge is 0.497 e. The van der Waals surface area contributed by atoms with Gasteiger partial charge in [-0.2, -0.15) is 5.26 Å². The molecule has 170 valence electrons. The Morgan fingerprint density at radius 2 is 1.79 bits per heavy atom. The van der Waals surface area contributed by atoms with E-state index in [0.29, 0.717) is 12.5 Å². The molecule has 1 aliphatic rings. The van der Waals surface area contributed by atoms with Gasteiger partial charge in [-0.25, -0.2) is 4.99 Å². The van der Waals surface area contributed by atoms with Crippen molar-refractivity contribution in [2.24, 2.45) is 16.3 Å². The van der Waals surface area contributed by atoms with Crippen LogP contribution in [0, 0.1) is 22.7 Å². The van der Waals surface area contributed by atoms with E-state index in [0.717, 1.165) is 52.5 Å². The predicted octanol–water partition coefficient (Wildman–Crippen LogP) is 7.11. The number of aliphatic imine (C=N–C) groups is 1. The Morgan fingerprint density at radius 3 is 2.42 bits per heavy atom. The van der Waals surface area contributed by atoms with E-state index in [9.17, 15) is 5.26 Å². The number of thiophene rings is 1. The Bertz CT molecular complexity index is 1160. The zero-order chi connectivity index (χ0) is 23.4. The molecule has 0 bridgehead atoms. The van der Waals surface area contributed by atoms with Gasteiger partial charge in [0.25, 0.3) is 0 Å². The van der Waals surface area contributed by atoms with Crippen LogP contribution in [0.2, 0.25) is 0 Å². The Hall–Kier alpha value is -3.10. The first-order chi connectivity index (χ1) is 15.9. The molecule has 1 heterocycles. The molecule has 2 aromatic carbocycles. The minimum atomic E-state index is 0.287. The summed E-state index contributed by atoms with van der Waals surface area (Å²) in [6, 6.07) is 18.1. The summed E-state index contributed by atoms with van der Waals surface area (Å²) in [6.07, 6.45) is 5.01. The van der Waals surface area contributed by atoms with E-state index < -0.39 is 0 Å². The van der Waals surface area contributed by atoms with Crippen molar-refractivity contribution < 1.29 is 9.47 Å². The average Bonchev–Trinajstić information content (AvgIpc) is 3.18. The number of hydrogen-bond acceptors (Lipinski definition) is 5. The van der Waals surface area contributed by atoms with Crippen molar-refractivity contribution in [3.8, 4) is 17.6 Å². The molecular formula is C28H30N2O2S. The van der Waals surface area contributed by atoms with Crippen molar-refractivity contribution in [3.63, 3.8) is 0 Å². The maximum atomic E-state index is 9.76. The Kier molecular flexibility index (Phi) is 6.85. The predicted molar refractivity (Wildman–Crippen MR) is 135 cm³/mol. The molecule has 0 unspecified atom stereocenters. The molecule has 0 N–H and O–H groups in total. The summed E-state index contributed by atoms with van der Waals surface area (Å²) in [7, 11) is 1.66. The number of fused-ring (bicyclic) bond motifs is 1. The van der Waals surface area contributed by atoms with E-state index in [-0.39, 0.29) is 5.41 Å². The molecule has 0 saturated carbocycles. The molecule has 5 heteroatoms. The molecule has 0 amide bonds. The summed E-state index contributed by atoms with van der Waals surface area (Å²) in [5.74, 6) is 2.29. The van der Waals surface area contributed by atoms with Gasteiger partial charge < -0.3 is 9.47 Å². The van der Waals surface area contributed by atoms with Crippen LogP contribution in [0.1, 0.15) is 54.3 Å². The molecule has 4 nitrogen and oxygen atoms in total. The molecule has 0 fully saturated rings. The van der Waals surface area contributed by atoms with E-state index in [2.05, 4.69) is 26.8 Å². The Labute approximate surface area is 200 Å². The number of methoxy groups -OCH3 is 1. The zero-order valence-electron chi connectivity index (χ0n) is 19.7. The van der Waals surface area contributed by atoms with Crippen LogP contribution in [0.4, 0.5) is 5.00 Å². The third-order valence-corrected chi connectivity index (χ3v) is 7.52. The molecule has 1 atom stereocenters. The van der Waals surface area contributed by atoms with E-state index in [1.54, 1.807) is 18.4 Å². The summed E-state index contributed by atoms with van der Waals surface area (Å²) in [4.78, 5) is 6.04. The normalized spacial score (nSPS) is 15.8. The highest BCUT2D eigenvalue weighted by Gasteiger charge is 2.32. The third kappa shape index (κ3) is 5.46. The van der Waals surface area contributed by atoms with Gasteiger partial charge >= 0.3 is 0 Å². The summed E-state index contributed by atoms with van der Waals surface area (Å²) < 4.78 is 11.1. The van der Waals surface area contributed by atoms with Crippen LogP contribution in [-0.4, -0.2) is 13.3 Å². The average molecular weight is 459 g/mol. The standard InChI is InChI=1S/C28H30N2O2S/c1-28(2,3)21-9-14-24-25(16-29)27(33-26(24)15-21)30-17-19-5-12-23(13-6-19)32-18-20-7-10-22(31-4)11-8-20/h5-8,10-13,17,21H,9,14-15,18H2,1-4H3/t21-/m0/s1. The fraction of sp³-hybridized carbons (Fsp3) is 0.357. The number of nitriles is 1. The Morgan fingerprint density at radius 1 is 1.09 bits per heavy atom. The molecule has 3 aromatic rings. The van der Waals surface area contributed by atoms with Gasteiger partial charge in [-0.05, 0) is 83.7 Å². The first kappa shape index (κ1) is 23.1. The highest BCUT2D eigenvalue weighted by molar-refractivity contribution is 7.16. The molecule has 1 aromatic heterocycles. The summed E-state index contributed by atoms with van der Waals surface area (Å²) in [6.45, 7) is 7.43. The highest BCUT2D eigenvalue weighted by Crippen LogP contribution is 2.44. The molecule has 0 radical (unpaired) electrons. The van der Waals surface area contributed by atoms with Crippen LogP contribution in [0.15, 0.2) is 53.5 Å². The molecular weight excluding hydrogens is 428 g/mol. The van der Waals surface area contributed by atoms with Crippen molar-refractivity contribution in [2.75, 3.05) is 7.11 Å². The van der Waals surface area contributed by atoms with Crippen LogP contribution >= 0.6 is 11.3 Å². The number of ether oxygens (including phenoxy) is 2. The first-order valence-electron chi connectivity index (χ1n) is 11.3. The van der Waals surface area contributed by atoms with Gasteiger partial charge in [-0.1, -0.05) is 32.9 Å². The van der Waals surface area contributed by atoms with Gasteiger partial charge in [0.2, 0.25) is 0 Å². The second kappa shape index (κ2) is 9.80. The number of nitrogens with zero attached hydrogens (tertiary/aromatic N) is 2. The summed E-state index contributed by atoms with van der Waals surface area (Å²) in [5, 5.41) is 10.6. The highest BCUT2D eigenvalue weighted by atomic mass is 32.1. The van der Waals surface area contributed by atoms with Gasteiger partial charge in [-0.15, -0.1) is 11.3 Å². The number of rotatable bonds is 6. The number of benzene rings is 2. The maximum absolute atomic E-state index is 9.76. The SMILES string of the molecule is COc1ccc(COc2ccc(C=Nc3sc4c(c3C#N)CC[C@H](C(C)(C)C)C4)cc2)cc1. The summed E-state index contributed by atoms with van der Waals surface area (Å²) in [5.41, 5.74) is 4.33. The van der Waals surface area contributed by atoms with Gasteiger partial charge in [0.15, 0.2) is 0 Å². The van der Waals surface area contributed by atoms with Crippen molar-refractivity contribution in [2.45, 2.75) is 46.6 Å². The van der Waals surface area contributed by atoms with Crippen LogP contribution in [0.3, 0.4) is 0 Å². The minimum absolute atomic E-state index is 0.287. The molecule has 0 aliphatic heterocycles. The van der Waals surface area contributed by atoms with Crippen molar-refractivity contribution >= 4 is 22.6 Å². The molecule has 33 heavy (non-hydrogen) atoms. The van der Waals surface area contributed by atoms with E-state index in [4.69, 9.17) is 14.5 Å². The lowest BCUT2D eigenvalue weighted by Gasteiger charge is -2.33. The van der Waals surface area contributed by atoms with E-state index in [1.807, 2.05) is 54.7 Å². The minimum Gasteiger partial charge on any atom is -0.497 e. The van der Waals surface area contributed by atoms with Crippen LogP contribution in [0.25, 0.3) is 0 Å². The molecule has 0 saturated heterocycles. The van der Waals surface area contributed by atoms with Crippen molar-refractivity contribution in [3.05, 3.63) is 75.7 Å². The summed E-state index contributed by atoms with van der Waals surface area (Å²) >= 11 is 1.68. The lowest BCUT2D eigenvalue weighted by molar-refractivity contribution is 0.218. The van der Waals surface area contributed by atoms with Gasteiger partial charge in [0.05, 0.1) is 12.7 Å².